The first-order valence-corrected chi connectivity index (χ1v) is 12.1. The molecule has 190 valence electrons. The molecular formula is C27H28Cl2N2O5. The van der Waals surface area contributed by atoms with Crippen LogP contribution in [0.1, 0.15) is 30.0 Å². The average Bonchev–Trinajstić information content (AvgIpc) is 2.84. The van der Waals surface area contributed by atoms with Crippen LogP contribution in [-0.4, -0.2) is 29.5 Å². The maximum Gasteiger partial charge on any atom is 0.320 e. The van der Waals surface area contributed by atoms with Crippen LogP contribution in [-0.2, 0) is 4.79 Å². The number of aryl methyl sites for hydroxylation is 2. The topological polar surface area (TPSA) is 88.1 Å². The van der Waals surface area contributed by atoms with Gasteiger partial charge in [-0.1, -0.05) is 48.4 Å². The Bertz CT molecular complexity index is 1300. The third-order valence-corrected chi connectivity index (χ3v) is 6.38. The Morgan fingerprint density at radius 1 is 1.06 bits per heavy atom. The van der Waals surface area contributed by atoms with Crippen LogP contribution < -0.4 is 19.7 Å². The van der Waals surface area contributed by atoms with Crippen molar-refractivity contribution in [3.8, 4) is 23.0 Å². The second kappa shape index (κ2) is 11.5. The number of anilines is 2. The predicted octanol–water partition coefficient (Wildman–Crippen LogP) is 7.35. The van der Waals surface area contributed by atoms with Crippen LogP contribution in [0.15, 0.2) is 48.5 Å². The number of phenolic OH excluding ortho intramolecular Hbond substituents is 1. The van der Waals surface area contributed by atoms with E-state index in [1.165, 1.54) is 18.0 Å². The summed E-state index contributed by atoms with van der Waals surface area (Å²) in [5.41, 5.74) is 2.94. The summed E-state index contributed by atoms with van der Waals surface area (Å²) in [6, 6.07) is 14.0. The molecule has 2 N–H and O–H groups in total. The fraction of sp³-hybridized carbons (Fsp3) is 0.259. The lowest BCUT2D eigenvalue weighted by molar-refractivity contribution is -0.122. The van der Waals surface area contributed by atoms with E-state index in [0.717, 1.165) is 11.1 Å². The molecule has 0 aliphatic rings. The number of carbonyl (C=O) groups is 2. The van der Waals surface area contributed by atoms with E-state index >= 15 is 0 Å². The molecule has 0 aromatic heterocycles. The maximum absolute atomic E-state index is 13.1. The zero-order chi connectivity index (χ0) is 26.6. The van der Waals surface area contributed by atoms with E-state index in [1.807, 2.05) is 39.0 Å². The molecule has 0 fully saturated rings. The molecule has 3 rings (SSSR count). The van der Waals surface area contributed by atoms with Crippen molar-refractivity contribution < 1.29 is 24.2 Å². The van der Waals surface area contributed by atoms with Crippen molar-refractivity contribution in [2.75, 3.05) is 17.3 Å². The number of phenols is 1. The summed E-state index contributed by atoms with van der Waals surface area (Å²) in [7, 11) is 1.51. The van der Waals surface area contributed by atoms with Crippen LogP contribution in [0.25, 0.3) is 0 Å². The summed E-state index contributed by atoms with van der Waals surface area (Å²) in [5.74, 6) is 0.469. The molecule has 0 aliphatic carbocycles. The van der Waals surface area contributed by atoms with Crippen molar-refractivity contribution in [1.29, 1.82) is 0 Å². The molecule has 3 aromatic rings. The number of aromatic hydroxyl groups is 1. The fourth-order valence-electron chi connectivity index (χ4n) is 3.57. The van der Waals surface area contributed by atoms with Crippen LogP contribution >= 0.6 is 23.2 Å². The number of ether oxygens (including phenoxy) is 2. The number of carbonyl (C=O) groups excluding carboxylic acids is 2. The van der Waals surface area contributed by atoms with E-state index in [0.29, 0.717) is 29.2 Å². The third-order valence-electron chi connectivity index (χ3n) is 5.67. The number of hydrogen-bond donors (Lipinski definition) is 2. The molecule has 0 spiro atoms. The Hall–Kier alpha value is -3.42. The average molecular weight is 531 g/mol. The minimum atomic E-state index is -0.806. The van der Waals surface area contributed by atoms with Gasteiger partial charge in [0.05, 0.1) is 16.4 Å². The molecule has 1 unspecified atom stereocenters. The number of para-hydroxylation sites is 2. The largest absolute Gasteiger partial charge is 0.504 e. The number of nitrogens with one attached hydrogen (secondary N) is 1. The number of amides is 2. The Kier molecular flexibility index (Phi) is 8.71. The van der Waals surface area contributed by atoms with Gasteiger partial charge in [-0.2, -0.15) is 0 Å². The summed E-state index contributed by atoms with van der Waals surface area (Å²) in [6.45, 7) is 7.39. The van der Waals surface area contributed by atoms with Gasteiger partial charge in [-0.25, -0.2) is 0 Å². The molecule has 0 saturated heterocycles. The van der Waals surface area contributed by atoms with Crippen LogP contribution in [0, 0.1) is 20.8 Å². The SMILES string of the molecule is CCC(Oc1ccc(C)cc1C)C(=O)Nc1cc(Oc2ccccc2N(C)C(=O)Cl)c(C)c(Cl)c1O. The Morgan fingerprint density at radius 2 is 1.75 bits per heavy atom. The van der Waals surface area contributed by atoms with E-state index in [-0.39, 0.29) is 22.2 Å². The van der Waals surface area contributed by atoms with Gasteiger partial charge in [0.2, 0.25) is 0 Å². The minimum Gasteiger partial charge on any atom is -0.504 e. The number of nitrogens with zero attached hydrogens (tertiary/aromatic N) is 1. The second-order valence-electron chi connectivity index (χ2n) is 8.36. The molecule has 0 saturated carbocycles. The van der Waals surface area contributed by atoms with Crippen molar-refractivity contribution in [3.05, 3.63) is 70.2 Å². The molecule has 3 aromatic carbocycles. The lowest BCUT2D eigenvalue weighted by Gasteiger charge is -2.21. The first-order chi connectivity index (χ1) is 17.0. The van der Waals surface area contributed by atoms with E-state index in [1.54, 1.807) is 31.2 Å². The van der Waals surface area contributed by atoms with Crippen molar-refractivity contribution in [1.82, 2.24) is 0 Å². The van der Waals surface area contributed by atoms with Crippen LogP contribution in [0.2, 0.25) is 5.02 Å². The van der Waals surface area contributed by atoms with Crippen LogP contribution in [0.3, 0.4) is 0 Å². The van der Waals surface area contributed by atoms with Crippen molar-refractivity contribution in [3.63, 3.8) is 0 Å². The molecule has 0 aliphatic heterocycles. The number of hydrogen-bond acceptors (Lipinski definition) is 5. The molecule has 0 radical (unpaired) electrons. The highest BCUT2D eigenvalue weighted by molar-refractivity contribution is 6.66. The summed E-state index contributed by atoms with van der Waals surface area (Å²) >= 11 is 12.0. The molecule has 2 amide bonds. The third kappa shape index (κ3) is 6.04. The quantitative estimate of drug-likeness (QED) is 0.180. The maximum atomic E-state index is 13.1. The van der Waals surface area contributed by atoms with E-state index in [4.69, 9.17) is 32.7 Å². The van der Waals surface area contributed by atoms with Gasteiger partial charge in [0.25, 0.3) is 5.91 Å². The van der Waals surface area contributed by atoms with Gasteiger partial charge in [0.1, 0.15) is 11.5 Å². The molecule has 1 atom stereocenters. The standard InChI is InChI=1S/C27H28Cl2N2O5/c1-6-20(35-21-12-11-15(2)13-16(21)3)26(33)30-18-14-23(17(4)24(28)25(18)32)36-22-10-8-7-9-19(22)31(5)27(29)34/h7-14,20,32H,6H2,1-5H3,(H,30,33). The van der Waals surface area contributed by atoms with E-state index in [2.05, 4.69) is 5.32 Å². The summed E-state index contributed by atoms with van der Waals surface area (Å²) < 4.78 is 12.0. The Labute approximate surface area is 220 Å². The minimum absolute atomic E-state index is 0.0189. The Morgan fingerprint density at radius 3 is 2.39 bits per heavy atom. The number of rotatable bonds is 8. The van der Waals surface area contributed by atoms with Crippen LogP contribution in [0.4, 0.5) is 16.2 Å². The van der Waals surface area contributed by atoms with Crippen LogP contribution in [0.5, 0.6) is 23.0 Å². The number of benzene rings is 3. The van der Waals surface area contributed by atoms with E-state index in [9.17, 15) is 14.7 Å². The fourth-order valence-corrected chi connectivity index (χ4v) is 3.85. The van der Waals surface area contributed by atoms with Gasteiger partial charge in [0, 0.05) is 18.7 Å². The zero-order valence-corrected chi connectivity index (χ0v) is 22.2. The first kappa shape index (κ1) is 27.2. The molecule has 36 heavy (non-hydrogen) atoms. The lowest BCUT2D eigenvalue weighted by atomic mass is 10.1. The summed E-state index contributed by atoms with van der Waals surface area (Å²) in [5, 5.41) is 12.7. The van der Waals surface area contributed by atoms with Crippen molar-refractivity contribution >= 4 is 45.9 Å². The van der Waals surface area contributed by atoms with Gasteiger partial charge in [-0.15, -0.1) is 0 Å². The predicted molar refractivity (Wildman–Crippen MR) is 143 cm³/mol. The van der Waals surface area contributed by atoms with Gasteiger partial charge < -0.3 is 19.9 Å². The molecule has 7 nitrogen and oxygen atoms in total. The number of halogens is 2. The monoisotopic (exact) mass is 530 g/mol. The van der Waals surface area contributed by atoms with Crippen molar-refractivity contribution in [2.45, 2.75) is 40.2 Å². The lowest BCUT2D eigenvalue weighted by Crippen LogP contribution is -2.32. The highest BCUT2D eigenvalue weighted by Gasteiger charge is 2.24. The molecule has 9 heteroatoms. The zero-order valence-electron chi connectivity index (χ0n) is 20.7. The van der Waals surface area contributed by atoms with Gasteiger partial charge in [0.15, 0.2) is 17.6 Å². The smallest absolute Gasteiger partial charge is 0.320 e. The van der Waals surface area contributed by atoms with E-state index < -0.39 is 17.4 Å². The highest BCUT2D eigenvalue weighted by atomic mass is 35.5. The Balaban J connectivity index is 1.89. The summed E-state index contributed by atoms with van der Waals surface area (Å²) in [4.78, 5) is 26.0. The van der Waals surface area contributed by atoms with Crippen molar-refractivity contribution in [2.24, 2.45) is 0 Å². The van der Waals surface area contributed by atoms with Gasteiger partial charge >= 0.3 is 5.37 Å². The highest BCUT2D eigenvalue weighted by Crippen LogP contribution is 2.43. The molecule has 0 heterocycles. The molecular weight excluding hydrogens is 503 g/mol. The van der Waals surface area contributed by atoms with Gasteiger partial charge in [-0.05, 0) is 62.6 Å². The normalized spacial score (nSPS) is 11.5. The summed E-state index contributed by atoms with van der Waals surface area (Å²) in [6.07, 6.45) is -0.408. The second-order valence-corrected chi connectivity index (χ2v) is 9.07. The molecule has 0 bridgehead atoms. The van der Waals surface area contributed by atoms with Gasteiger partial charge in [-0.3, -0.25) is 14.5 Å². The first-order valence-electron chi connectivity index (χ1n) is 11.3.